The molecule has 182 valence electrons. The number of allylic oxidation sites excluding steroid dienone is 2. The molecule has 4 aromatic carbocycles. The zero-order valence-corrected chi connectivity index (χ0v) is 25.2. The van der Waals surface area contributed by atoms with Gasteiger partial charge in [-0.25, -0.2) is 0 Å². The van der Waals surface area contributed by atoms with Gasteiger partial charge in [-0.3, -0.25) is 0 Å². The normalized spacial score (nSPS) is 17.8. The average molecular weight is 624 g/mol. The van der Waals surface area contributed by atoms with Gasteiger partial charge in [-0.15, -0.1) is 0 Å². The summed E-state index contributed by atoms with van der Waals surface area (Å²) < 4.78 is 2.24. The Bertz CT molecular complexity index is 1410. The van der Waals surface area contributed by atoms with Crippen LogP contribution in [0, 0.1) is 0 Å². The lowest BCUT2D eigenvalue weighted by atomic mass is 9.93. The summed E-state index contributed by atoms with van der Waals surface area (Å²) in [5, 5.41) is 0. The summed E-state index contributed by atoms with van der Waals surface area (Å²) in [7, 11) is 0.925. The fourth-order valence-corrected chi connectivity index (χ4v) is 8.28. The number of fused-ring (bicyclic) bond motifs is 2. The van der Waals surface area contributed by atoms with Gasteiger partial charge in [0.15, 0.2) is 0 Å². The predicted molar refractivity (Wildman–Crippen MR) is 167 cm³/mol. The van der Waals surface area contributed by atoms with Crippen LogP contribution in [-0.2, 0) is 0 Å². The van der Waals surface area contributed by atoms with Gasteiger partial charge in [-0.1, -0.05) is 128 Å². The van der Waals surface area contributed by atoms with Gasteiger partial charge in [-0.2, -0.15) is 0 Å². The highest BCUT2D eigenvalue weighted by Crippen LogP contribution is 2.46. The van der Waals surface area contributed by atoms with E-state index >= 15 is 0 Å². The molecule has 0 amide bonds. The Labute approximate surface area is 239 Å². The number of rotatable bonds is 6. The monoisotopic (exact) mass is 622 g/mol. The van der Waals surface area contributed by atoms with Crippen molar-refractivity contribution in [1.82, 2.24) is 0 Å². The largest absolute Gasteiger partial charge is 0.0655 e. The molecular weight excluding hydrogens is 596 g/mol. The molecule has 0 nitrogen and oxygen atoms in total. The van der Waals surface area contributed by atoms with Gasteiger partial charge in [0.2, 0.25) is 0 Å². The lowest BCUT2D eigenvalue weighted by Gasteiger charge is -2.19. The first-order chi connectivity index (χ1) is 18.0. The Morgan fingerprint density at radius 2 is 0.973 bits per heavy atom. The molecule has 37 heavy (non-hydrogen) atoms. The van der Waals surface area contributed by atoms with Crippen molar-refractivity contribution in [3.63, 3.8) is 0 Å². The average Bonchev–Trinajstić information content (AvgIpc) is 3.40. The van der Waals surface area contributed by atoms with Crippen LogP contribution < -0.4 is 0 Å². The second-order valence-electron chi connectivity index (χ2n) is 10.2. The fourth-order valence-electron chi connectivity index (χ4n) is 5.92. The summed E-state index contributed by atoms with van der Waals surface area (Å²) in [6, 6.07) is 33.6. The van der Waals surface area contributed by atoms with Crippen molar-refractivity contribution in [3.05, 3.63) is 127 Å². The van der Waals surface area contributed by atoms with Gasteiger partial charge >= 0.3 is 0 Å². The van der Waals surface area contributed by atoms with E-state index < -0.39 is 0 Å². The maximum absolute atomic E-state index is 3.57. The van der Waals surface area contributed by atoms with E-state index in [2.05, 4.69) is 143 Å². The Morgan fingerprint density at radius 3 is 1.38 bits per heavy atom. The Balaban J connectivity index is 1.20. The minimum Gasteiger partial charge on any atom is -0.0655 e. The third kappa shape index (κ3) is 4.78. The topological polar surface area (TPSA) is 0 Å². The van der Waals surface area contributed by atoms with Crippen LogP contribution in [0.2, 0.25) is 12.1 Å². The summed E-state index contributed by atoms with van der Waals surface area (Å²) in [5.41, 5.74) is 14.1. The van der Waals surface area contributed by atoms with E-state index in [-0.39, 0.29) is 0 Å². The summed E-state index contributed by atoms with van der Waals surface area (Å²) in [4.78, 5) is 0. The van der Waals surface area contributed by atoms with E-state index in [0.29, 0.717) is 11.8 Å². The summed E-state index contributed by atoms with van der Waals surface area (Å²) in [5.74, 6) is 1.06. The van der Waals surface area contributed by atoms with Crippen LogP contribution in [0.5, 0.6) is 0 Å². The molecule has 0 aliphatic heterocycles. The van der Waals surface area contributed by atoms with Gasteiger partial charge in [0.05, 0.1) is 0 Å². The van der Waals surface area contributed by atoms with Crippen molar-refractivity contribution in [1.29, 1.82) is 0 Å². The molecule has 6 rings (SSSR count). The molecule has 0 saturated carbocycles. The van der Waals surface area contributed by atoms with E-state index in [0.717, 1.165) is 18.5 Å². The quantitative estimate of drug-likeness (QED) is 0.187. The molecule has 0 N–H and O–H groups in total. The van der Waals surface area contributed by atoms with Gasteiger partial charge in [-0.05, 0) is 82.6 Å². The lowest BCUT2D eigenvalue weighted by Crippen LogP contribution is -2.06. The van der Waals surface area contributed by atoms with Crippen LogP contribution in [0.15, 0.2) is 105 Å². The third-order valence-electron chi connectivity index (χ3n) is 7.88. The molecule has 3 heteroatoms. The second-order valence-corrected chi connectivity index (χ2v) is 13.3. The maximum atomic E-state index is 3.57. The first-order valence-corrected chi connectivity index (χ1v) is 15.8. The highest BCUT2D eigenvalue weighted by molar-refractivity contribution is 9.10. The Morgan fingerprint density at radius 1 is 0.568 bits per heavy atom. The number of benzene rings is 4. The minimum atomic E-state index is 0.531. The number of halogens is 2. The molecule has 0 aromatic heterocycles. The van der Waals surface area contributed by atoms with Gasteiger partial charge in [0.1, 0.15) is 0 Å². The van der Waals surface area contributed by atoms with Crippen molar-refractivity contribution in [2.24, 2.45) is 0 Å². The van der Waals surface area contributed by atoms with Gasteiger partial charge in [0, 0.05) is 30.3 Å². The van der Waals surface area contributed by atoms with Crippen molar-refractivity contribution >= 4 is 53.5 Å². The van der Waals surface area contributed by atoms with Crippen molar-refractivity contribution in [3.8, 4) is 22.3 Å². The Kier molecular flexibility index (Phi) is 6.96. The first-order valence-electron chi connectivity index (χ1n) is 12.8. The van der Waals surface area contributed by atoms with Crippen LogP contribution in [-0.4, -0.2) is 9.52 Å². The third-order valence-corrected chi connectivity index (χ3v) is 10.3. The smallest absolute Gasteiger partial charge is 0.0397 e. The molecule has 0 fully saturated rings. The molecular formula is C34H28Br2Si. The zero-order chi connectivity index (χ0) is 25.5. The van der Waals surface area contributed by atoms with Crippen LogP contribution >= 0.6 is 31.9 Å². The van der Waals surface area contributed by atoms with E-state index in [1.54, 1.807) is 0 Å². The van der Waals surface area contributed by atoms with Crippen LogP contribution in [0.3, 0.4) is 0 Å². The summed E-state index contributed by atoms with van der Waals surface area (Å²) in [6.45, 7) is 4.64. The van der Waals surface area contributed by atoms with Crippen LogP contribution in [0.25, 0.3) is 34.4 Å². The fraction of sp³-hybridized carbons (Fsp3) is 0.176. The lowest BCUT2D eigenvalue weighted by molar-refractivity contribution is 0.876. The number of hydrogen-bond acceptors (Lipinski definition) is 0. The number of hydrogen-bond donors (Lipinski definition) is 0. The van der Waals surface area contributed by atoms with E-state index in [1.165, 1.54) is 67.7 Å². The van der Waals surface area contributed by atoms with Crippen LogP contribution in [0.1, 0.15) is 47.9 Å². The van der Waals surface area contributed by atoms with E-state index in [4.69, 9.17) is 0 Å². The first kappa shape index (κ1) is 24.8. The highest BCUT2D eigenvalue weighted by atomic mass is 79.9. The standard InChI is InChI=1S/C34H28Br2Si/c1-21-17-31-27(23-9-13-25(35)14-10-23)5-3-7-29(31)33(21)19-37-20-34-22(2)18-32-28(6-4-8-30(32)34)24-11-15-26(36)16-12-24/h3-18,33-34H,19-20H2,1-2H3. The van der Waals surface area contributed by atoms with Crippen molar-refractivity contribution in [2.45, 2.75) is 37.8 Å². The molecule has 0 saturated heterocycles. The highest BCUT2D eigenvalue weighted by Gasteiger charge is 2.28. The van der Waals surface area contributed by atoms with Gasteiger partial charge in [0.25, 0.3) is 0 Å². The predicted octanol–water partition coefficient (Wildman–Crippen LogP) is 10.8. The molecule has 2 radical (unpaired) electrons. The molecule has 2 atom stereocenters. The Hall–Kier alpha value is -2.46. The molecule has 0 spiro atoms. The summed E-state index contributed by atoms with van der Waals surface area (Å²) in [6.07, 6.45) is 4.87. The van der Waals surface area contributed by atoms with Gasteiger partial charge < -0.3 is 0 Å². The molecule has 2 aliphatic rings. The van der Waals surface area contributed by atoms with Crippen LogP contribution in [0.4, 0.5) is 0 Å². The molecule has 0 bridgehead atoms. The summed E-state index contributed by atoms with van der Waals surface area (Å²) >= 11 is 7.14. The molecule has 2 aliphatic carbocycles. The van der Waals surface area contributed by atoms with E-state index in [9.17, 15) is 0 Å². The molecule has 4 aromatic rings. The van der Waals surface area contributed by atoms with Crippen molar-refractivity contribution < 1.29 is 0 Å². The maximum Gasteiger partial charge on any atom is 0.0397 e. The molecule has 0 heterocycles. The zero-order valence-electron chi connectivity index (χ0n) is 21.1. The van der Waals surface area contributed by atoms with E-state index in [1.807, 2.05) is 0 Å². The minimum absolute atomic E-state index is 0.531. The SMILES string of the molecule is CC1=Cc2c(-c3ccc(Br)cc3)cccc2C1C[Si]CC1C(C)=Cc2c(-c3ccc(Br)cc3)cccc21. The molecule has 2 unspecified atom stereocenters. The second kappa shape index (κ2) is 10.4. The van der Waals surface area contributed by atoms with Crippen molar-refractivity contribution in [2.75, 3.05) is 0 Å².